The van der Waals surface area contributed by atoms with Crippen molar-refractivity contribution in [3.05, 3.63) is 0 Å². The number of ether oxygens (including phenoxy) is 1. The zero-order valence-corrected chi connectivity index (χ0v) is 14.1. The monoisotopic (exact) mass is 282 g/mol. The molecule has 1 saturated heterocycles. The van der Waals surface area contributed by atoms with Crippen LogP contribution >= 0.6 is 0 Å². The second kappa shape index (κ2) is 5.94. The van der Waals surface area contributed by atoms with Gasteiger partial charge in [-0.05, 0) is 50.9 Å². The van der Waals surface area contributed by atoms with Gasteiger partial charge in [-0.25, -0.2) is 0 Å². The molecule has 0 unspecified atom stereocenters. The van der Waals surface area contributed by atoms with Crippen LogP contribution in [0.3, 0.4) is 0 Å². The summed E-state index contributed by atoms with van der Waals surface area (Å²) < 4.78 is 5.89. The Morgan fingerprint density at radius 2 is 1.60 bits per heavy atom. The molecule has 2 atom stereocenters. The minimum Gasteiger partial charge on any atom is -0.373 e. The Balaban J connectivity index is 2.04. The van der Waals surface area contributed by atoms with Crippen molar-refractivity contribution in [3.63, 3.8) is 0 Å². The summed E-state index contributed by atoms with van der Waals surface area (Å²) in [7, 11) is 0. The average molecular weight is 282 g/mol. The van der Waals surface area contributed by atoms with Gasteiger partial charge in [-0.15, -0.1) is 0 Å². The van der Waals surface area contributed by atoms with Crippen molar-refractivity contribution in [2.75, 3.05) is 19.6 Å². The van der Waals surface area contributed by atoms with E-state index in [0.29, 0.717) is 17.6 Å². The van der Waals surface area contributed by atoms with E-state index in [1.54, 1.807) is 0 Å². The highest BCUT2D eigenvalue weighted by molar-refractivity contribution is 4.99. The second-order valence-corrected chi connectivity index (χ2v) is 8.23. The van der Waals surface area contributed by atoms with Crippen LogP contribution < -0.4 is 5.73 Å². The van der Waals surface area contributed by atoms with Crippen LogP contribution in [0, 0.1) is 11.3 Å². The van der Waals surface area contributed by atoms with Crippen LogP contribution in [0.15, 0.2) is 0 Å². The lowest BCUT2D eigenvalue weighted by Gasteiger charge is -2.52. The SMILES string of the molecule is C[C@@H]1CN(C2(CN)CCC(C(C)(C)C)CC2)C[C@H](C)O1. The third-order valence-electron chi connectivity index (χ3n) is 5.61. The van der Waals surface area contributed by atoms with E-state index in [9.17, 15) is 0 Å². The highest BCUT2D eigenvalue weighted by atomic mass is 16.5. The molecule has 0 radical (unpaired) electrons. The first-order chi connectivity index (χ1) is 9.27. The summed E-state index contributed by atoms with van der Waals surface area (Å²) in [5.74, 6) is 0.845. The lowest BCUT2D eigenvalue weighted by atomic mass is 9.66. The van der Waals surface area contributed by atoms with Crippen LogP contribution in [-0.4, -0.2) is 42.3 Å². The highest BCUT2D eigenvalue weighted by Crippen LogP contribution is 2.43. The van der Waals surface area contributed by atoms with E-state index in [1.165, 1.54) is 25.7 Å². The zero-order valence-electron chi connectivity index (χ0n) is 14.1. The van der Waals surface area contributed by atoms with Gasteiger partial charge in [0.2, 0.25) is 0 Å². The number of hydrogen-bond donors (Lipinski definition) is 1. The van der Waals surface area contributed by atoms with Gasteiger partial charge in [0.25, 0.3) is 0 Å². The molecule has 3 heteroatoms. The van der Waals surface area contributed by atoms with Gasteiger partial charge in [0.05, 0.1) is 12.2 Å². The molecule has 3 nitrogen and oxygen atoms in total. The fraction of sp³-hybridized carbons (Fsp3) is 1.00. The molecule has 0 aromatic rings. The van der Waals surface area contributed by atoms with Gasteiger partial charge in [0.15, 0.2) is 0 Å². The summed E-state index contributed by atoms with van der Waals surface area (Å²) in [6.45, 7) is 14.4. The molecule has 1 heterocycles. The molecule has 118 valence electrons. The quantitative estimate of drug-likeness (QED) is 0.846. The molecule has 0 amide bonds. The third-order valence-corrected chi connectivity index (χ3v) is 5.61. The summed E-state index contributed by atoms with van der Waals surface area (Å²) in [6.07, 6.45) is 5.82. The predicted octanol–water partition coefficient (Wildman–Crippen LogP) is 3.03. The molecule has 2 aliphatic rings. The lowest BCUT2D eigenvalue weighted by Crippen LogP contribution is -2.62. The summed E-state index contributed by atoms with van der Waals surface area (Å²) in [5, 5.41) is 0. The number of morpholine rings is 1. The third kappa shape index (κ3) is 3.37. The van der Waals surface area contributed by atoms with Gasteiger partial charge in [0, 0.05) is 25.2 Å². The van der Waals surface area contributed by atoms with Crippen molar-refractivity contribution in [3.8, 4) is 0 Å². The fourth-order valence-electron chi connectivity index (χ4n) is 4.24. The van der Waals surface area contributed by atoms with E-state index in [4.69, 9.17) is 10.5 Å². The van der Waals surface area contributed by atoms with Crippen molar-refractivity contribution >= 4 is 0 Å². The Morgan fingerprint density at radius 3 is 2.00 bits per heavy atom. The van der Waals surface area contributed by atoms with Crippen LogP contribution in [0.4, 0.5) is 0 Å². The van der Waals surface area contributed by atoms with Gasteiger partial charge < -0.3 is 10.5 Å². The normalized spacial score (nSPS) is 40.8. The van der Waals surface area contributed by atoms with E-state index in [2.05, 4.69) is 39.5 Å². The number of hydrogen-bond acceptors (Lipinski definition) is 3. The van der Waals surface area contributed by atoms with Gasteiger partial charge in [-0.2, -0.15) is 0 Å². The largest absolute Gasteiger partial charge is 0.373 e. The summed E-state index contributed by atoms with van der Waals surface area (Å²) in [5.41, 5.74) is 6.90. The van der Waals surface area contributed by atoms with Crippen LogP contribution in [0.25, 0.3) is 0 Å². The summed E-state index contributed by atoms with van der Waals surface area (Å²) in [4.78, 5) is 2.64. The van der Waals surface area contributed by atoms with Crippen LogP contribution in [0.1, 0.15) is 60.3 Å². The Kier molecular flexibility index (Phi) is 4.83. The highest BCUT2D eigenvalue weighted by Gasteiger charge is 2.43. The summed E-state index contributed by atoms with van der Waals surface area (Å²) in [6, 6.07) is 0. The van der Waals surface area contributed by atoms with E-state index in [-0.39, 0.29) is 5.54 Å². The molecule has 0 spiro atoms. The molecule has 2 N–H and O–H groups in total. The van der Waals surface area contributed by atoms with Crippen LogP contribution in [0.5, 0.6) is 0 Å². The lowest BCUT2D eigenvalue weighted by molar-refractivity contribution is -0.112. The number of nitrogens with two attached hydrogens (primary N) is 1. The van der Waals surface area contributed by atoms with Crippen molar-refractivity contribution in [2.45, 2.75) is 78.0 Å². The topological polar surface area (TPSA) is 38.5 Å². The minimum absolute atomic E-state index is 0.230. The average Bonchev–Trinajstić information content (AvgIpc) is 2.36. The molecule has 2 rings (SSSR count). The Morgan fingerprint density at radius 1 is 1.10 bits per heavy atom. The number of nitrogens with zero attached hydrogens (tertiary/aromatic N) is 1. The van der Waals surface area contributed by atoms with Gasteiger partial charge >= 0.3 is 0 Å². The van der Waals surface area contributed by atoms with E-state index in [1.807, 2.05) is 0 Å². The van der Waals surface area contributed by atoms with Gasteiger partial charge in [-0.3, -0.25) is 4.90 Å². The van der Waals surface area contributed by atoms with Gasteiger partial charge in [-0.1, -0.05) is 20.8 Å². The van der Waals surface area contributed by atoms with Crippen molar-refractivity contribution < 1.29 is 4.74 Å². The Labute approximate surface area is 125 Å². The minimum atomic E-state index is 0.230. The molecule has 2 fully saturated rings. The van der Waals surface area contributed by atoms with Crippen molar-refractivity contribution in [1.29, 1.82) is 0 Å². The zero-order chi connectivity index (χ0) is 15.0. The summed E-state index contributed by atoms with van der Waals surface area (Å²) >= 11 is 0. The van der Waals surface area contributed by atoms with Crippen LogP contribution in [0.2, 0.25) is 0 Å². The van der Waals surface area contributed by atoms with E-state index >= 15 is 0 Å². The Bertz CT molecular complexity index is 305. The van der Waals surface area contributed by atoms with Gasteiger partial charge in [0.1, 0.15) is 0 Å². The van der Waals surface area contributed by atoms with E-state index < -0.39 is 0 Å². The molecular formula is C17H34N2O. The maximum absolute atomic E-state index is 6.23. The first kappa shape index (κ1) is 16.3. The molecule has 20 heavy (non-hydrogen) atoms. The maximum Gasteiger partial charge on any atom is 0.0678 e. The van der Waals surface area contributed by atoms with Crippen molar-refractivity contribution in [1.82, 2.24) is 4.90 Å². The molecule has 1 saturated carbocycles. The maximum atomic E-state index is 6.23. The second-order valence-electron chi connectivity index (χ2n) is 8.23. The fourth-order valence-corrected chi connectivity index (χ4v) is 4.24. The standard InChI is InChI=1S/C17H34N2O/c1-13-10-19(11-14(2)20-13)17(12-18)8-6-15(7-9-17)16(3,4)5/h13-15H,6-12,18H2,1-5H3/t13-,14+,15?,17?. The Hall–Kier alpha value is -0.120. The number of rotatable bonds is 2. The first-order valence-electron chi connectivity index (χ1n) is 8.37. The first-order valence-corrected chi connectivity index (χ1v) is 8.37. The molecule has 0 aromatic heterocycles. The molecule has 0 bridgehead atoms. The molecular weight excluding hydrogens is 248 g/mol. The van der Waals surface area contributed by atoms with E-state index in [0.717, 1.165) is 25.6 Å². The van der Waals surface area contributed by atoms with Crippen molar-refractivity contribution in [2.24, 2.45) is 17.1 Å². The van der Waals surface area contributed by atoms with Crippen LogP contribution in [-0.2, 0) is 4.74 Å². The molecule has 1 aliphatic heterocycles. The predicted molar refractivity (Wildman–Crippen MR) is 84.8 cm³/mol. The molecule has 0 aromatic carbocycles. The smallest absolute Gasteiger partial charge is 0.0678 e. The molecule has 1 aliphatic carbocycles.